The van der Waals surface area contributed by atoms with Crippen LogP contribution in [0.25, 0.3) is 11.0 Å². The van der Waals surface area contributed by atoms with Crippen molar-refractivity contribution >= 4 is 23.3 Å². The summed E-state index contributed by atoms with van der Waals surface area (Å²) in [6.07, 6.45) is 0. The fourth-order valence-electron chi connectivity index (χ4n) is 2.17. The molecular weight excluding hydrogens is 270 g/mol. The number of likely N-dealkylation sites (N-methyl/N-ethyl adjacent to an activating group) is 1. The number of para-hydroxylation sites is 1. The lowest BCUT2D eigenvalue weighted by molar-refractivity contribution is 0.263. The normalized spacial score (nSPS) is 11.7. The molecule has 0 aliphatic heterocycles. The SMILES string of the molecule is CCOc1cccc2c1[nH]c(=S)n2CCN(C)C(C)C. The van der Waals surface area contributed by atoms with Crippen LogP contribution in [0.3, 0.4) is 0 Å². The molecule has 0 saturated heterocycles. The van der Waals surface area contributed by atoms with E-state index < -0.39 is 0 Å². The van der Waals surface area contributed by atoms with Crippen LogP contribution in [0.5, 0.6) is 5.75 Å². The molecule has 0 fully saturated rings. The number of H-pyrrole nitrogens is 1. The number of nitrogens with one attached hydrogen (secondary N) is 1. The van der Waals surface area contributed by atoms with E-state index in [4.69, 9.17) is 17.0 Å². The Bertz CT molecular complexity index is 630. The first-order valence-electron chi connectivity index (χ1n) is 7.09. The van der Waals surface area contributed by atoms with Gasteiger partial charge in [0.1, 0.15) is 11.3 Å². The van der Waals surface area contributed by atoms with Crippen molar-refractivity contribution in [3.63, 3.8) is 0 Å². The topological polar surface area (TPSA) is 33.2 Å². The fraction of sp³-hybridized carbons (Fsp3) is 0.533. The van der Waals surface area contributed by atoms with Gasteiger partial charge in [0.2, 0.25) is 0 Å². The van der Waals surface area contributed by atoms with Crippen molar-refractivity contribution in [3.05, 3.63) is 23.0 Å². The van der Waals surface area contributed by atoms with Gasteiger partial charge < -0.3 is 19.2 Å². The number of fused-ring (bicyclic) bond motifs is 1. The Labute approximate surface area is 125 Å². The van der Waals surface area contributed by atoms with Gasteiger partial charge in [0, 0.05) is 19.1 Å². The van der Waals surface area contributed by atoms with E-state index in [1.807, 2.05) is 19.1 Å². The first-order chi connectivity index (χ1) is 9.54. The highest BCUT2D eigenvalue weighted by atomic mass is 32.1. The molecule has 5 heteroatoms. The zero-order valence-corrected chi connectivity index (χ0v) is 13.5. The molecule has 110 valence electrons. The molecule has 0 atom stereocenters. The number of benzene rings is 1. The lowest BCUT2D eigenvalue weighted by Gasteiger charge is -2.21. The molecule has 1 N–H and O–H groups in total. The number of hydrogen-bond acceptors (Lipinski definition) is 3. The van der Waals surface area contributed by atoms with Crippen LogP contribution in [-0.2, 0) is 6.54 Å². The molecule has 1 heterocycles. The third-order valence-corrected chi connectivity index (χ3v) is 3.95. The molecule has 1 aromatic carbocycles. The summed E-state index contributed by atoms with van der Waals surface area (Å²) in [6, 6.07) is 6.60. The van der Waals surface area contributed by atoms with Crippen molar-refractivity contribution in [1.82, 2.24) is 14.5 Å². The van der Waals surface area contributed by atoms with Gasteiger partial charge in [-0.1, -0.05) is 6.07 Å². The number of aromatic amines is 1. The van der Waals surface area contributed by atoms with Gasteiger partial charge in [0.05, 0.1) is 12.1 Å². The summed E-state index contributed by atoms with van der Waals surface area (Å²) < 4.78 is 8.55. The van der Waals surface area contributed by atoms with Gasteiger partial charge in [-0.25, -0.2) is 0 Å². The van der Waals surface area contributed by atoms with Gasteiger partial charge in [-0.15, -0.1) is 0 Å². The van der Waals surface area contributed by atoms with Crippen LogP contribution in [0.2, 0.25) is 0 Å². The maximum Gasteiger partial charge on any atom is 0.178 e. The molecule has 0 radical (unpaired) electrons. The fourth-order valence-corrected chi connectivity index (χ4v) is 2.46. The van der Waals surface area contributed by atoms with E-state index >= 15 is 0 Å². The van der Waals surface area contributed by atoms with Gasteiger partial charge in [0.15, 0.2) is 4.77 Å². The monoisotopic (exact) mass is 293 g/mol. The third kappa shape index (κ3) is 3.04. The largest absolute Gasteiger partial charge is 0.492 e. The molecule has 0 saturated carbocycles. The van der Waals surface area contributed by atoms with E-state index in [0.29, 0.717) is 12.6 Å². The number of aromatic nitrogens is 2. The lowest BCUT2D eigenvalue weighted by atomic mass is 10.3. The summed E-state index contributed by atoms with van der Waals surface area (Å²) in [5.74, 6) is 0.868. The van der Waals surface area contributed by atoms with Crippen LogP contribution < -0.4 is 4.74 Å². The Balaban J connectivity index is 2.32. The molecule has 0 amide bonds. The number of nitrogens with zero attached hydrogens (tertiary/aromatic N) is 2. The second-order valence-electron chi connectivity index (χ2n) is 5.24. The minimum absolute atomic E-state index is 0.536. The van der Waals surface area contributed by atoms with Gasteiger partial charge in [-0.2, -0.15) is 0 Å². The van der Waals surface area contributed by atoms with Crippen LogP contribution in [0, 0.1) is 4.77 Å². The van der Waals surface area contributed by atoms with Crippen LogP contribution in [0.4, 0.5) is 0 Å². The minimum Gasteiger partial charge on any atom is -0.492 e. The molecule has 0 aliphatic carbocycles. The van der Waals surface area contributed by atoms with Crippen molar-refractivity contribution in [2.45, 2.75) is 33.4 Å². The Morgan fingerprint density at radius 1 is 1.40 bits per heavy atom. The average molecular weight is 293 g/mol. The highest BCUT2D eigenvalue weighted by molar-refractivity contribution is 7.71. The van der Waals surface area contributed by atoms with Crippen molar-refractivity contribution in [2.24, 2.45) is 0 Å². The Kier molecular flexibility index (Phi) is 4.83. The second kappa shape index (κ2) is 6.41. The van der Waals surface area contributed by atoms with Gasteiger partial charge >= 0.3 is 0 Å². The van der Waals surface area contributed by atoms with Gasteiger partial charge in [-0.05, 0) is 52.2 Å². The van der Waals surface area contributed by atoms with Crippen LogP contribution >= 0.6 is 12.2 Å². The number of rotatable bonds is 6. The molecule has 1 aromatic heterocycles. The summed E-state index contributed by atoms with van der Waals surface area (Å²) in [7, 11) is 2.13. The molecule has 20 heavy (non-hydrogen) atoms. The summed E-state index contributed by atoms with van der Waals surface area (Å²) in [6.45, 7) is 8.88. The summed E-state index contributed by atoms with van der Waals surface area (Å²) in [4.78, 5) is 5.58. The van der Waals surface area contributed by atoms with E-state index in [1.54, 1.807) is 0 Å². The Morgan fingerprint density at radius 3 is 2.80 bits per heavy atom. The average Bonchev–Trinajstić information content (AvgIpc) is 2.73. The molecule has 2 rings (SSSR count). The van der Waals surface area contributed by atoms with E-state index in [9.17, 15) is 0 Å². The summed E-state index contributed by atoms with van der Waals surface area (Å²) >= 11 is 5.45. The maximum absolute atomic E-state index is 5.65. The third-order valence-electron chi connectivity index (χ3n) is 3.63. The predicted molar refractivity (Wildman–Crippen MR) is 86.1 cm³/mol. The van der Waals surface area contributed by atoms with Crippen molar-refractivity contribution in [1.29, 1.82) is 0 Å². The minimum atomic E-state index is 0.536. The van der Waals surface area contributed by atoms with E-state index in [2.05, 4.69) is 41.4 Å². The predicted octanol–water partition coefficient (Wildman–Crippen LogP) is 3.44. The van der Waals surface area contributed by atoms with E-state index in [0.717, 1.165) is 34.6 Å². The van der Waals surface area contributed by atoms with Crippen LogP contribution in [0.1, 0.15) is 20.8 Å². The van der Waals surface area contributed by atoms with Gasteiger partial charge in [-0.3, -0.25) is 0 Å². The van der Waals surface area contributed by atoms with Crippen LogP contribution in [0.15, 0.2) is 18.2 Å². The molecule has 4 nitrogen and oxygen atoms in total. The zero-order valence-electron chi connectivity index (χ0n) is 12.6. The van der Waals surface area contributed by atoms with Crippen molar-refractivity contribution < 1.29 is 4.74 Å². The Hall–Kier alpha value is -1.33. The van der Waals surface area contributed by atoms with E-state index in [-0.39, 0.29) is 0 Å². The van der Waals surface area contributed by atoms with Crippen molar-refractivity contribution in [2.75, 3.05) is 20.2 Å². The van der Waals surface area contributed by atoms with Crippen molar-refractivity contribution in [3.8, 4) is 5.75 Å². The number of ether oxygens (including phenoxy) is 1. The number of hydrogen-bond donors (Lipinski definition) is 1. The van der Waals surface area contributed by atoms with Gasteiger partial charge in [0.25, 0.3) is 0 Å². The molecular formula is C15H23N3OS. The molecule has 0 unspecified atom stereocenters. The second-order valence-corrected chi connectivity index (χ2v) is 5.63. The number of imidazole rings is 1. The maximum atomic E-state index is 5.65. The quantitative estimate of drug-likeness (QED) is 0.828. The first kappa shape index (κ1) is 15.1. The molecule has 0 spiro atoms. The molecule has 0 aliphatic rings. The summed E-state index contributed by atoms with van der Waals surface area (Å²) in [5.41, 5.74) is 2.10. The zero-order chi connectivity index (χ0) is 14.7. The first-order valence-corrected chi connectivity index (χ1v) is 7.50. The van der Waals surface area contributed by atoms with Crippen LogP contribution in [-0.4, -0.2) is 40.7 Å². The molecule has 2 aromatic rings. The molecule has 0 bridgehead atoms. The highest BCUT2D eigenvalue weighted by Crippen LogP contribution is 2.24. The summed E-state index contributed by atoms with van der Waals surface area (Å²) in [5, 5.41) is 0. The standard InChI is InChI=1S/C15H23N3OS/c1-5-19-13-8-6-7-12-14(13)16-15(20)18(12)10-9-17(4)11(2)3/h6-8,11H,5,9-10H2,1-4H3,(H,16,20). The lowest BCUT2D eigenvalue weighted by Crippen LogP contribution is -2.29. The highest BCUT2D eigenvalue weighted by Gasteiger charge is 2.10. The Morgan fingerprint density at radius 2 is 2.15 bits per heavy atom. The smallest absolute Gasteiger partial charge is 0.178 e. The van der Waals surface area contributed by atoms with E-state index in [1.165, 1.54) is 0 Å².